The van der Waals surface area contributed by atoms with Crippen LogP contribution < -0.4 is 0 Å². The highest BCUT2D eigenvalue weighted by atomic mass is 16.3. The molecule has 4 rings (SSSR count). The number of carbonyl (C=O) groups excluding carboxylic acids is 2. The SMILES string of the molecule is C=C(C)[C@@H](O)[C@@H](O)C[C@@H](C)C1=C2C=C[C@H]3[C@@]4(C)CCC(=O)C(C)(C)[C@@H]4CC[C@]3(C)[C@@]2(C)CC1=O. The van der Waals surface area contributed by atoms with Gasteiger partial charge in [-0.05, 0) is 72.3 Å². The van der Waals surface area contributed by atoms with E-state index < -0.39 is 12.2 Å². The van der Waals surface area contributed by atoms with E-state index in [1.54, 1.807) is 6.92 Å². The predicted molar refractivity (Wildman–Crippen MR) is 135 cm³/mol. The Bertz CT molecular complexity index is 986. The van der Waals surface area contributed by atoms with E-state index in [0.717, 1.165) is 30.4 Å². The zero-order valence-electron chi connectivity index (χ0n) is 22.2. The zero-order chi connectivity index (χ0) is 25.4. The van der Waals surface area contributed by atoms with Crippen LogP contribution in [0.25, 0.3) is 0 Å². The molecule has 0 aromatic rings. The molecule has 2 saturated carbocycles. The smallest absolute Gasteiger partial charge is 0.160 e. The van der Waals surface area contributed by atoms with Crippen LogP contribution in [0.2, 0.25) is 0 Å². The minimum Gasteiger partial charge on any atom is -0.390 e. The summed E-state index contributed by atoms with van der Waals surface area (Å²) in [5, 5.41) is 20.8. The third-order valence-electron chi connectivity index (χ3n) is 11.0. The van der Waals surface area contributed by atoms with Gasteiger partial charge in [0.05, 0.1) is 6.10 Å². The van der Waals surface area contributed by atoms with Gasteiger partial charge in [0.15, 0.2) is 5.78 Å². The Morgan fingerprint density at radius 3 is 2.41 bits per heavy atom. The molecule has 0 heterocycles. The van der Waals surface area contributed by atoms with Crippen LogP contribution in [0.4, 0.5) is 0 Å². The number of hydrogen-bond acceptors (Lipinski definition) is 4. The fourth-order valence-electron chi connectivity index (χ4n) is 8.75. The molecule has 0 bridgehead atoms. The van der Waals surface area contributed by atoms with E-state index in [-0.39, 0.29) is 33.4 Å². The minimum absolute atomic E-state index is 0.0364. The van der Waals surface area contributed by atoms with Gasteiger partial charge < -0.3 is 10.2 Å². The van der Waals surface area contributed by atoms with Gasteiger partial charge in [0.1, 0.15) is 11.9 Å². The van der Waals surface area contributed by atoms with Crippen molar-refractivity contribution in [2.75, 3.05) is 0 Å². The van der Waals surface area contributed by atoms with E-state index in [0.29, 0.717) is 42.5 Å². The van der Waals surface area contributed by atoms with Crippen LogP contribution in [0.1, 0.15) is 87.0 Å². The molecular weight excluding hydrogens is 424 g/mol. The summed E-state index contributed by atoms with van der Waals surface area (Å²) in [6.45, 7) is 18.8. The first-order valence-electron chi connectivity index (χ1n) is 13.1. The van der Waals surface area contributed by atoms with Crippen LogP contribution in [0.3, 0.4) is 0 Å². The van der Waals surface area contributed by atoms with Gasteiger partial charge >= 0.3 is 0 Å². The Balaban J connectivity index is 1.74. The number of rotatable bonds is 5. The van der Waals surface area contributed by atoms with Gasteiger partial charge in [-0.25, -0.2) is 0 Å². The average molecular weight is 469 g/mol. The molecule has 0 spiro atoms. The summed E-state index contributed by atoms with van der Waals surface area (Å²) in [6, 6.07) is 0. The van der Waals surface area contributed by atoms with Gasteiger partial charge in [0.25, 0.3) is 0 Å². The second kappa shape index (κ2) is 8.00. The number of aliphatic hydroxyl groups is 2. The topological polar surface area (TPSA) is 74.6 Å². The maximum Gasteiger partial charge on any atom is 0.160 e. The summed E-state index contributed by atoms with van der Waals surface area (Å²) in [5.41, 5.74) is 1.91. The van der Waals surface area contributed by atoms with E-state index in [2.05, 4.69) is 53.3 Å². The number of aliphatic hydroxyl groups excluding tert-OH is 2. The Morgan fingerprint density at radius 1 is 1.15 bits per heavy atom. The molecule has 0 saturated heterocycles. The van der Waals surface area contributed by atoms with E-state index in [9.17, 15) is 19.8 Å². The second-order valence-electron chi connectivity index (χ2n) is 13.3. The highest BCUT2D eigenvalue weighted by Crippen LogP contribution is 2.72. The van der Waals surface area contributed by atoms with E-state index in [4.69, 9.17) is 0 Å². The van der Waals surface area contributed by atoms with Crippen LogP contribution in [-0.4, -0.2) is 34.0 Å². The van der Waals surface area contributed by atoms with Crippen molar-refractivity contribution >= 4 is 11.6 Å². The van der Waals surface area contributed by atoms with Crippen molar-refractivity contribution < 1.29 is 19.8 Å². The molecule has 0 aromatic heterocycles. The van der Waals surface area contributed by atoms with Crippen molar-refractivity contribution in [1.29, 1.82) is 0 Å². The van der Waals surface area contributed by atoms with Crippen LogP contribution in [0.15, 0.2) is 35.5 Å². The van der Waals surface area contributed by atoms with Crippen molar-refractivity contribution in [2.24, 2.45) is 39.4 Å². The van der Waals surface area contributed by atoms with Gasteiger partial charge in [-0.15, -0.1) is 0 Å². The molecule has 4 aliphatic rings. The lowest BCUT2D eigenvalue weighted by Gasteiger charge is -2.66. The molecule has 4 nitrogen and oxygen atoms in total. The summed E-state index contributed by atoms with van der Waals surface area (Å²) >= 11 is 0. The normalized spacial score (nSPS) is 41.4. The van der Waals surface area contributed by atoms with Crippen molar-refractivity contribution in [3.8, 4) is 0 Å². The quantitative estimate of drug-likeness (QED) is 0.516. The van der Waals surface area contributed by atoms with Crippen LogP contribution in [0, 0.1) is 39.4 Å². The lowest BCUT2D eigenvalue weighted by atomic mass is 9.37. The number of ketones is 2. The fraction of sp³-hybridized carbons (Fsp3) is 0.733. The number of carbonyl (C=O) groups is 2. The first kappa shape index (κ1) is 25.6. The second-order valence-corrected chi connectivity index (χ2v) is 13.3. The maximum absolute atomic E-state index is 13.5. The van der Waals surface area contributed by atoms with Gasteiger partial charge in [-0.2, -0.15) is 0 Å². The molecule has 8 atom stereocenters. The highest BCUT2D eigenvalue weighted by molar-refractivity contribution is 6.01. The molecule has 0 aromatic carbocycles. The number of hydrogen-bond donors (Lipinski definition) is 2. The lowest BCUT2D eigenvalue weighted by molar-refractivity contribution is -0.165. The largest absolute Gasteiger partial charge is 0.390 e. The van der Waals surface area contributed by atoms with Crippen LogP contribution in [-0.2, 0) is 9.59 Å². The van der Waals surface area contributed by atoms with Gasteiger partial charge in [-0.1, -0.05) is 60.3 Å². The molecule has 0 amide bonds. The van der Waals surface area contributed by atoms with E-state index >= 15 is 0 Å². The van der Waals surface area contributed by atoms with Crippen LogP contribution in [0.5, 0.6) is 0 Å². The molecule has 0 aliphatic heterocycles. The van der Waals surface area contributed by atoms with E-state index in [1.165, 1.54) is 0 Å². The number of Topliss-reactive ketones (excluding diaryl/α,β-unsaturated/α-hetero) is 2. The van der Waals surface area contributed by atoms with Crippen molar-refractivity contribution in [3.63, 3.8) is 0 Å². The Labute approximate surface area is 205 Å². The average Bonchev–Trinajstić information content (AvgIpc) is 3.01. The molecule has 188 valence electrons. The van der Waals surface area contributed by atoms with E-state index in [1.807, 2.05) is 6.92 Å². The first-order valence-corrected chi connectivity index (χ1v) is 13.1. The molecule has 4 heteroatoms. The summed E-state index contributed by atoms with van der Waals surface area (Å²) < 4.78 is 0. The van der Waals surface area contributed by atoms with Gasteiger partial charge in [0.2, 0.25) is 0 Å². The number of fused-ring (bicyclic) bond motifs is 5. The Hall–Kier alpha value is -1.52. The summed E-state index contributed by atoms with van der Waals surface area (Å²) in [7, 11) is 0. The fourth-order valence-corrected chi connectivity index (χ4v) is 8.75. The van der Waals surface area contributed by atoms with Crippen molar-refractivity contribution in [1.82, 2.24) is 0 Å². The minimum atomic E-state index is -0.979. The third-order valence-corrected chi connectivity index (χ3v) is 11.0. The summed E-state index contributed by atoms with van der Waals surface area (Å²) in [5.74, 6) is 1.11. The Morgan fingerprint density at radius 2 is 1.79 bits per heavy atom. The van der Waals surface area contributed by atoms with Gasteiger partial charge in [-0.3, -0.25) is 9.59 Å². The molecule has 4 aliphatic carbocycles. The third kappa shape index (κ3) is 3.31. The van der Waals surface area contributed by atoms with Gasteiger partial charge in [0, 0.05) is 29.2 Å². The molecule has 0 radical (unpaired) electrons. The monoisotopic (exact) mass is 468 g/mol. The summed E-state index contributed by atoms with van der Waals surface area (Å²) in [6.07, 6.45) is 7.07. The zero-order valence-corrected chi connectivity index (χ0v) is 22.2. The molecule has 34 heavy (non-hydrogen) atoms. The summed E-state index contributed by atoms with van der Waals surface area (Å²) in [4.78, 5) is 26.3. The highest BCUT2D eigenvalue weighted by Gasteiger charge is 2.66. The predicted octanol–water partition coefficient (Wildman–Crippen LogP) is 5.58. The van der Waals surface area contributed by atoms with Crippen LogP contribution >= 0.6 is 0 Å². The number of allylic oxidation sites excluding steroid dienone is 4. The maximum atomic E-state index is 13.5. The van der Waals surface area contributed by atoms with Crippen molar-refractivity contribution in [3.05, 3.63) is 35.5 Å². The Kier molecular flexibility index (Phi) is 6.01. The molecular formula is C30H44O4. The molecule has 0 unspecified atom stereocenters. The lowest BCUT2D eigenvalue weighted by Crippen LogP contribution is -2.61. The first-order chi connectivity index (χ1) is 15.6. The molecule has 2 fully saturated rings. The van der Waals surface area contributed by atoms with Crippen molar-refractivity contribution in [2.45, 2.75) is 99.2 Å². The molecule has 2 N–H and O–H groups in total. The standard InChI is InChI=1S/C30H44O4/c1-17(2)26(34)20(31)15-18(3)25-19-9-10-23-28(6)13-12-24(33)27(4,5)22(28)11-14-29(23,7)30(19,8)16-21(25)32/h9-10,18,20,22-23,26,31,34H,1,11-16H2,2-8H3/t18-,20+,22+,23+,26-,28+,29+,30+/m1/s1.